The molecule has 0 unspecified atom stereocenters. The van der Waals surface area contributed by atoms with Crippen molar-refractivity contribution in [3.05, 3.63) is 46.2 Å². The Balaban J connectivity index is 1.71. The van der Waals surface area contributed by atoms with Crippen molar-refractivity contribution < 1.29 is 9.53 Å². The molecule has 3 heterocycles. The van der Waals surface area contributed by atoms with Crippen LogP contribution in [0.4, 0.5) is 0 Å². The Hall–Kier alpha value is -1.79. The van der Waals surface area contributed by atoms with Crippen LogP contribution >= 0.6 is 11.3 Å². The van der Waals surface area contributed by atoms with Gasteiger partial charge in [-0.1, -0.05) is 19.9 Å². The minimum Gasteiger partial charge on any atom is -0.371 e. The number of nitrogens with zero attached hydrogens (tertiary/aromatic N) is 2. The number of amides is 1. The van der Waals surface area contributed by atoms with Gasteiger partial charge in [-0.3, -0.25) is 9.78 Å². The van der Waals surface area contributed by atoms with Crippen molar-refractivity contribution >= 4 is 17.2 Å². The Kier molecular flexibility index (Phi) is 5.58. The van der Waals surface area contributed by atoms with Gasteiger partial charge < -0.3 is 10.1 Å². The minimum absolute atomic E-state index is 0.0544. The molecule has 5 nitrogen and oxygen atoms in total. The average molecular weight is 345 g/mol. The second kappa shape index (κ2) is 7.85. The van der Waals surface area contributed by atoms with Gasteiger partial charge in [-0.15, -0.1) is 11.3 Å². The first kappa shape index (κ1) is 17.0. The number of aromatic nitrogens is 2. The molecule has 1 saturated heterocycles. The standard InChI is InChI=1S/C18H23N3O2S/c1-12(2)10-14(13-6-3-4-8-19-13)20-17(22)15-11-24-18(21-15)16-7-5-9-23-16/h3-4,6,8,11-12,14,16H,5,7,9-10H2,1-2H3,(H,20,22)/t14-,16-/m1/s1. The van der Waals surface area contributed by atoms with Gasteiger partial charge in [0.25, 0.3) is 5.91 Å². The van der Waals surface area contributed by atoms with Crippen molar-refractivity contribution in [2.24, 2.45) is 5.92 Å². The molecule has 2 atom stereocenters. The number of ether oxygens (including phenoxy) is 1. The van der Waals surface area contributed by atoms with Gasteiger partial charge in [0.1, 0.15) is 16.8 Å². The first-order valence-corrected chi connectivity index (χ1v) is 9.30. The van der Waals surface area contributed by atoms with Gasteiger partial charge in [0, 0.05) is 18.2 Å². The molecule has 0 bridgehead atoms. The zero-order chi connectivity index (χ0) is 16.9. The third-order valence-electron chi connectivity index (χ3n) is 4.02. The summed E-state index contributed by atoms with van der Waals surface area (Å²) in [5, 5.41) is 5.80. The molecule has 1 amide bonds. The van der Waals surface area contributed by atoms with Crippen molar-refractivity contribution in [2.75, 3.05) is 6.61 Å². The third kappa shape index (κ3) is 4.19. The second-order valence-corrected chi connectivity index (χ2v) is 7.37. The van der Waals surface area contributed by atoms with Gasteiger partial charge in [0.15, 0.2) is 0 Å². The van der Waals surface area contributed by atoms with E-state index in [1.54, 1.807) is 6.20 Å². The van der Waals surface area contributed by atoms with Gasteiger partial charge in [-0.05, 0) is 37.3 Å². The Morgan fingerprint density at radius 2 is 2.33 bits per heavy atom. The van der Waals surface area contributed by atoms with E-state index in [9.17, 15) is 4.79 Å². The molecule has 1 fully saturated rings. The Labute approximate surface area is 146 Å². The van der Waals surface area contributed by atoms with Crippen LogP contribution in [0.15, 0.2) is 29.8 Å². The summed E-state index contributed by atoms with van der Waals surface area (Å²) in [6.07, 6.45) is 4.69. The fraction of sp³-hybridized carbons (Fsp3) is 0.500. The molecule has 128 valence electrons. The summed E-state index contributed by atoms with van der Waals surface area (Å²) in [6.45, 7) is 5.06. The highest BCUT2D eigenvalue weighted by molar-refractivity contribution is 7.09. The zero-order valence-corrected chi connectivity index (χ0v) is 14.9. The molecule has 0 aliphatic carbocycles. The van der Waals surface area contributed by atoms with E-state index >= 15 is 0 Å². The highest BCUT2D eigenvalue weighted by Gasteiger charge is 2.24. The summed E-state index contributed by atoms with van der Waals surface area (Å²) >= 11 is 1.50. The van der Waals surface area contributed by atoms with Crippen LogP contribution in [0.5, 0.6) is 0 Å². The van der Waals surface area contributed by atoms with E-state index < -0.39 is 0 Å². The van der Waals surface area contributed by atoms with Gasteiger partial charge in [-0.2, -0.15) is 0 Å². The summed E-state index contributed by atoms with van der Waals surface area (Å²) in [6, 6.07) is 5.67. The summed E-state index contributed by atoms with van der Waals surface area (Å²) in [5.41, 5.74) is 1.35. The second-order valence-electron chi connectivity index (χ2n) is 6.48. The summed E-state index contributed by atoms with van der Waals surface area (Å²) < 4.78 is 5.64. The van der Waals surface area contributed by atoms with Crippen LogP contribution in [-0.4, -0.2) is 22.5 Å². The normalized spacial score (nSPS) is 18.7. The third-order valence-corrected chi connectivity index (χ3v) is 4.95. The van der Waals surface area contributed by atoms with Crippen molar-refractivity contribution in [1.29, 1.82) is 0 Å². The predicted molar refractivity (Wildman–Crippen MR) is 93.9 cm³/mol. The highest BCUT2D eigenvalue weighted by Crippen LogP contribution is 2.30. The number of carbonyl (C=O) groups excluding carboxylic acids is 1. The lowest BCUT2D eigenvalue weighted by atomic mass is 10.0. The SMILES string of the molecule is CC(C)C[C@@H](NC(=O)c1csc([C@H]2CCCO2)n1)c1ccccn1. The quantitative estimate of drug-likeness (QED) is 0.862. The van der Waals surface area contributed by atoms with Crippen LogP contribution < -0.4 is 5.32 Å². The van der Waals surface area contributed by atoms with Crippen molar-refractivity contribution in [1.82, 2.24) is 15.3 Å². The summed E-state index contributed by atoms with van der Waals surface area (Å²) in [4.78, 5) is 21.5. The molecule has 6 heteroatoms. The monoisotopic (exact) mass is 345 g/mol. The molecule has 0 radical (unpaired) electrons. The number of rotatable bonds is 6. The van der Waals surface area contributed by atoms with E-state index in [1.165, 1.54) is 11.3 Å². The van der Waals surface area contributed by atoms with E-state index in [1.807, 2.05) is 23.6 Å². The fourth-order valence-electron chi connectivity index (χ4n) is 2.85. The maximum atomic E-state index is 12.6. The molecular formula is C18H23N3O2S. The molecule has 0 spiro atoms. The Morgan fingerprint density at radius 1 is 1.46 bits per heavy atom. The zero-order valence-electron chi connectivity index (χ0n) is 14.1. The maximum Gasteiger partial charge on any atom is 0.271 e. The number of carbonyl (C=O) groups is 1. The molecular weight excluding hydrogens is 322 g/mol. The van der Waals surface area contributed by atoms with Crippen LogP contribution in [0, 0.1) is 5.92 Å². The van der Waals surface area contributed by atoms with Gasteiger partial charge in [-0.25, -0.2) is 4.98 Å². The largest absolute Gasteiger partial charge is 0.371 e. The summed E-state index contributed by atoms with van der Waals surface area (Å²) in [7, 11) is 0. The van der Waals surface area contributed by atoms with E-state index in [2.05, 4.69) is 29.1 Å². The fourth-order valence-corrected chi connectivity index (χ4v) is 3.73. The van der Waals surface area contributed by atoms with Crippen molar-refractivity contribution in [3.63, 3.8) is 0 Å². The molecule has 3 rings (SSSR count). The van der Waals surface area contributed by atoms with Gasteiger partial charge >= 0.3 is 0 Å². The van der Waals surface area contributed by atoms with E-state index in [0.29, 0.717) is 11.6 Å². The van der Waals surface area contributed by atoms with Crippen LogP contribution in [0.2, 0.25) is 0 Å². The van der Waals surface area contributed by atoms with Gasteiger partial charge in [0.05, 0.1) is 11.7 Å². The number of thiazole rings is 1. The lowest BCUT2D eigenvalue weighted by molar-refractivity contribution is 0.0923. The molecule has 1 aliphatic heterocycles. The van der Waals surface area contributed by atoms with Gasteiger partial charge in [0.2, 0.25) is 0 Å². The molecule has 0 saturated carbocycles. The highest BCUT2D eigenvalue weighted by atomic mass is 32.1. The van der Waals surface area contributed by atoms with Crippen LogP contribution in [0.1, 0.15) is 66.4 Å². The predicted octanol–water partition coefficient (Wildman–Crippen LogP) is 3.91. The lowest BCUT2D eigenvalue weighted by Gasteiger charge is -2.19. The minimum atomic E-state index is -0.146. The number of nitrogens with one attached hydrogen (secondary N) is 1. The topological polar surface area (TPSA) is 64.1 Å². The number of pyridine rings is 1. The smallest absolute Gasteiger partial charge is 0.271 e. The molecule has 2 aromatic heterocycles. The first-order chi connectivity index (χ1) is 11.6. The van der Waals surface area contributed by atoms with E-state index in [-0.39, 0.29) is 18.1 Å². The van der Waals surface area contributed by atoms with Crippen LogP contribution in [-0.2, 0) is 4.74 Å². The van der Waals surface area contributed by atoms with Crippen LogP contribution in [0.25, 0.3) is 0 Å². The molecule has 1 N–H and O–H groups in total. The number of hydrogen-bond acceptors (Lipinski definition) is 5. The molecule has 1 aliphatic rings. The van der Waals surface area contributed by atoms with E-state index in [0.717, 1.165) is 36.6 Å². The van der Waals surface area contributed by atoms with E-state index in [4.69, 9.17) is 4.74 Å². The van der Waals surface area contributed by atoms with Crippen molar-refractivity contribution in [2.45, 2.75) is 45.3 Å². The van der Waals surface area contributed by atoms with Crippen molar-refractivity contribution in [3.8, 4) is 0 Å². The lowest BCUT2D eigenvalue weighted by Crippen LogP contribution is -2.30. The number of hydrogen-bond donors (Lipinski definition) is 1. The first-order valence-electron chi connectivity index (χ1n) is 8.42. The average Bonchev–Trinajstić information content (AvgIpc) is 3.25. The van der Waals surface area contributed by atoms with Crippen LogP contribution in [0.3, 0.4) is 0 Å². The Bertz CT molecular complexity index is 666. The molecule has 24 heavy (non-hydrogen) atoms. The summed E-state index contributed by atoms with van der Waals surface area (Å²) in [5.74, 6) is 0.307. The molecule has 0 aromatic carbocycles. The Morgan fingerprint density at radius 3 is 3.00 bits per heavy atom. The molecule has 2 aromatic rings. The maximum absolute atomic E-state index is 12.6.